The van der Waals surface area contributed by atoms with Gasteiger partial charge in [-0.2, -0.15) is 0 Å². The van der Waals surface area contributed by atoms with E-state index < -0.39 is 0 Å². The second kappa shape index (κ2) is 8.32. The van der Waals surface area contributed by atoms with E-state index in [2.05, 4.69) is 26.6 Å². The first kappa shape index (κ1) is 18.4. The molecule has 0 saturated heterocycles. The first-order chi connectivity index (χ1) is 12.5. The molecule has 1 aliphatic carbocycles. The van der Waals surface area contributed by atoms with Gasteiger partial charge in [0.2, 0.25) is 5.91 Å². The zero-order valence-corrected chi connectivity index (χ0v) is 16.1. The fourth-order valence-corrected chi connectivity index (χ4v) is 2.77. The van der Waals surface area contributed by atoms with Gasteiger partial charge in [0.05, 0.1) is 6.04 Å². The van der Waals surface area contributed by atoms with Gasteiger partial charge < -0.3 is 10.6 Å². The number of rotatable bonds is 6. The summed E-state index contributed by atoms with van der Waals surface area (Å²) in [5, 5.41) is 5.90. The molecule has 0 spiro atoms. The molecule has 1 aliphatic rings. The van der Waals surface area contributed by atoms with Gasteiger partial charge in [-0.25, -0.2) is 0 Å². The molecule has 0 heterocycles. The highest BCUT2D eigenvalue weighted by Gasteiger charge is 2.23. The van der Waals surface area contributed by atoms with Crippen LogP contribution >= 0.6 is 15.9 Å². The van der Waals surface area contributed by atoms with E-state index in [0.29, 0.717) is 11.6 Å². The fraction of sp³-hybridized carbons (Fsp3) is 0.238. The van der Waals surface area contributed by atoms with Crippen LogP contribution in [0, 0.1) is 0 Å². The van der Waals surface area contributed by atoms with Gasteiger partial charge in [-0.15, -0.1) is 0 Å². The van der Waals surface area contributed by atoms with E-state index in [0.717, 1.165) is 28.4 Å². The first-order valence-corrected chi connectivity index (χ1v) is 9.45. The molecular formula is C21H21BrN2O2. The molecule has 4 nitrogen and oxygen atoms in total. The number of amides is 2. The third-order valence-corrected chi connectivity index (χ3v) is 4.77. The van der Waals surface area contributed by atoms with Crippen LogP contribution in [-0.4, -0.2) is 17.9 Å². The Morgan fingerprint density at radius 2 is 1.73 bits per heavy atom. The lowest BCUT2D eigenvalue weighted by Gasteiger charge is -2.12. The number of hydrogen-bond donors (Lipinski definition) is 2. The molecule has 2 amide bonds. The minimum Gasteiger partial charge on any atom is -0.349 e. The lowest BCUT2D eigenvalue weighted by molar-refractivity contribution is -0.117. The number of hydrogen-bond acceptors (Lipinski definition) is 2. The van der Waals surface area contributed by atoms with Crippen molar-refractivity contribution in [2.45, 2.75) is 31.8 Å². The van der Waals surface area contributed by atoms with E-state index >= 15 is 0 Å². The van der Waals surface area contributed by atoms with E-state index in [-0.39, 0.29) is 17.9 Å². The third kappa shape index (κ3) is 5.30. The molecule has 1 fully saturated rings. The molecule has 26 heavy (non-hydrogen) atoms. The second-order valence-electron chi connectivity index (χ2n) is 6.48. The van der Waals surface area contributed by atoms with Crippen molar-refractivity contribution in [2.24, 2.45) is 0 Å². The van der Waals surface area contributed by atoms with Crippen LogP contribution in [0.4, 0.5) is 0 Å². The van der Waals surface area contributed by atoms with Gasteiger partial charge in [0.1, 0.15) is 0 Å². The summed E-state index contributed by atoms with van der Waals surface area (Å²) in [7, 11) is 0. The summed E-state index contributed by atoms with van der Waals surface area (Å²) in [6.07, 6.45) is 5.39. The Balaban J connectivity index is 1.53. The number of benzene rings is 2. The highest BCUT2D eigenvalue weighted by atomic mass is 79.9. The molecule has 0 radical (unpaired) electrons. The zero-order valence-electron chi connectivity index (χ0n) is 14.5. The first-order valence-electron chi connectivity index (χ1n) is 8.66. The molecular weight excluding hydrogens is 392 g/mol. The van der Waals surface area contributed by atoms with Gasteiger partial charge in [0, 0.05) is 22.2 Å². The maximum absolute atomic E-state index is 12.1. The van der Waals surface area contributed by atoms with Crippen LogP contribution in [0.15, 0.2) is 59.1 Å². The predicted octanol–water partition coefficient (Wildman–Crippen LogP) is 4.23. The summed E-state index contributed by atoms with van der Waals surface area (Å²) in [5.41, 5.74) is 2.56. The number of nitrogens with one attached hydrogen (secondary N) is 2. The van der Waals surface area contributed by atoms with Crippen LogP contribution in [0.25, 0.3) is 6.08 Å². The zero-order chi connectivity index (χ0) is 18.5. The molecule has 0 aliphatic heterocycles. The van der Waals surface area contributed by atoms with Crippen molar-refractivity contribution in [3.63, 3.8) is 0 Å². The molecule has 2 aromatic carbocycles. The van der Waals surface area contributed by atoms with Crippen molar-refractivity contribution in [2.75, 3.05) is 0 Å². The Kier molecular flexibility index (Phi) is 5.89. The minimum absolute atomic E-state index is 0.0379. The standard InChI is InChI=1S/C21H21BrN2O2/c1-14(16-7-9-18(22)10-8-16)23-20(25)13-4-15-2-5-17(6-3-15)21(26)24-19-11-12-19/h2-10,13-14,19H,11-12H2,1H3,(H,23,25)(H,24,26)/b13-4+. The quantitative estimate of drug-likeness (QED) is 0.697. The summed E-state index contributed by atoms with van der Waals surface area (Å²) in [6, 6.07) is 15.4. The third-order valence-electron chi connectivity index (χ3n) is 4.24. The van der Waals surface area contributed by atoms with Crippen LogP contribution in [0.1, 0.15) is 47.3 Å². The summed E-state index contributed by atoms with van der Waals surface area (Å²) < 4.78 is 1.01. The lowest BCUT2D eigenvalue weighted by Crippen LogP contribution is -2.25. The Bertz CT molecular complexity index is 809. The minimum atomic E-state index is -0.157. The Morgan fingerprint density at radius 3 is 2.35 bits per heavy atom. The fourth-order valence-electron chi connectivity index (χ4n) is 2.51. The average molecular weight is 413 g/mol. The molecule has 0 bridgehead atoms. The van der Waals surface area contributed by atoms with E-state index in [1.807, 2.05) is 43.3 Å². The number of halogens is 1. The largest absolute Gasteiger partial charge is 0.349 e. The summed E-state index contributed by atoms with van der Waals surface area (Å²) in [4.78, 5) is 24.1. The highest BCUT2D eigenvalue weighted by molar-refractivity contribution is 9.10. The van der Waals surface area contributed by atoms with Crippen molar-refractivity contribution >= 4 is 33.8 Å². The van der Waals surface area contributed by atoms with Gasteiger partial charge >= 0.3 is 0 Å². The molecule has 3 rings (SSSR count). The van der Waals surface area contributed by atoms with Gasteiger partial charge in [0.25, 0.3) is 5.91 Å². The van der Waals surface area contributed by atoms with Crippen molar-refractivity contribution < 1.29 is 9.59 Å². The molecule has 5 heteroatoms. The van der Waals surface area contributed by atoms with E-state index in [1.54, 1.807) is 18.2 Å². The van der Waals surface area contributed by atoms with Crippen molar-refractivity contribution in [3.05, 3.63) is 75.8 Å². The molecule has 2 aromatic rings. The van der Waals surface area contributed by atoms with Crippen LogP contribution in [-0.2, 0) is 4.79 Å². The summed E-state index contributed by atoms with van der Waals surface area (Å²) >= 11 is 3.40. The predicted molar refractivity (Wildman–Crippen MR) is 107 cm³/mol. The maximum atomic E-state index is 12.1. The monoisotopic (exact) mass is 412 g/mol. The molecule has 1 saturated carbocycles. The van der Waals surface area contributed by atoms with Gasteiger partial charge in [-0.3, -0.25) is 9.59 Å². The van der Waals surface area contributed by atoms with Gasteiger partial charge in [-0.1, -0.05) is 40.2 Å². The van der Waals surface area contributed by atoms with E-state index in [1.165, 1.54) is 6.08 Å². The average Bonchev–Trinajstić information content (AvgIpc) is 3.45. The highest BCUT2D eigenvalue weighted by Crippen LogP contribution is 2.19. The Labute approximate surface area is 161 Å². The van der Waals surface area contributed by atoms with Crippen LogP contribution in [0.5, 0.6) is 0 Å². The molecule has 1 atom stereocenters. The Morgan fingerprint density at radius 1 is 1.08 bits per heavy atom. The van der Waals surface area contributed by atoms with Gasteiger partial charge in [0.15, 0.2) is 0 Å². The van der Waals surface area contributed by atoms with Gasteiger partial charge in [-0.05, 0) is 61.2 Å². The van der Waals surface area contributed by atoms with E-state index in [9.17, 15) is 9.59 Å². The molecule has 134 valence electrons. The lowest BCUT2D eigenvalue weighted by atomic mass is 10.1. The SMILES string of the molecule is CC(NC(=O)/C=C/c1ccc(C(=O)NC2CC2)cc1)c1ccc(Br)cc1. The molecule has 0 aromatic heterocycles. The Hall–Kier alpha value is -2.40. The molecule has 1 unspecified atom stereocenters. The smallest absolute Gasteiger partial charge is 0.251 e. The van der Waals surface area contributed by atoms with Crippen LogP contribution in [0.3, 0.4) is 0 Å². The van der Waals surface area contributed by atoms with E-state index in [4.69, 9.17) is 0 Å². The molecule has 2 N–H and O–H groups in total. The van der Waals surface area contributed by atoms with Crippen LogP contribution in [0.2, 0.25) is 0 Å². The number of carbonyl (C=O) groups excluding carboxylic acids is 2. The summed E-state index contributed by atoms with van der Waals surface area (Å²) in [5.74, 6) is -0.194. The topological polar surface area (TPSA) is 58.2 Å². The summed E-state index contributed by atoms with van der Waals surface area (Å²) in [6.45, 7) is 1.95. The normalized spacial score (nSPS) is 14.8. The van der Waals surface area contributed by atoms with Crippen molar-refractivity contribution in [1.82, 2.24) is 10.6 Å². The second-order valence-corrected chi connectivity index (χ2v) is 7.40. The van der Waals surface area contributed by atoms with Crippen molar-refractivity contribution in [3.8, 4) is 0 Å². The number of carbonyl (C=O) groups is 2. The van der Waals surface area contributed by atoms with Crippen molar-refractivity contribution in [1.29, 1.82) is 0 Å². The maximum Gasteiger partial charge on any atom is 0.251 e. The van der Waals surface area contributed by atoms with Crippen LogP contribution < -0.4 is 10.6 Å².